The first kappa shape index (κ1) is 13.4. The van der Waals surface area contributed by atoms with Crippen LogP contribution in [0, 0.1) is 0 Å². The molecule has 106 valence electrons. The lowest BCUT2D eigenvalue weighted by atomic mass is 9.86. The predicted octanol–water partition coefficient (Wildman–Crippen LogP) is 3.42. The van der Waals surface area contributed by atoms with E-state index in [1.54, 1.807) is 12.1 Å². The normalized spacial score (nSPS) is 25.4. The molecule has 2 aliphatic rings. The molecule has 1 atom stereocenters. The summed E-state index contributed by atoms with van der Waals surface area (Å²) in [4.78, 5) is 13.4. The molecule has 0 spiro atoms. The maximum Gasteiger partial charge on any atom is 0.335 e. The quantitative estimate of drug-likeness (QED) is 0.915. The average molecular weight is 271 g/mol. The summed E-state index contributed by atoms with van der Waals surface area (Å²) in [7, 11) is 0. The van der Waals surface area contributed by atoms with Crippen molar-refractivity contribution in [3.63, 3.8) is 0 Å². The number of hydrogen-bond acceptors (Lipinski definition) is 2. The van der Waals surface area contributed by atoms with E-state index < -0.39 is 5.97 Å². The number of benzene rings is 1. The van der Waals surface area contributed by atoms with Crippen molar-refractivity contribution in [2.75, 3.05) is 13.1 Å². The summed E-state index contributed by atoms with van der Waals surface area (Å²) in [5.41, 5.74) is 3.01. The highest BCUT2D eigenvalue weighted by Gasteiger charge is 2.28. The van der Waals surface area contributed by atoms with Crippen LogP contribution < -0.4 is 0 Å². The Kier molecular flexibility index (Phi) is 3.88. The molecular weight excluding hydrogens is 250 g/mol. The van der Waals surface area contributed by atoms with E-state index in [0.29, 0.717) is 11.6 Å². The van der Waals surface area contributed by atoms with Crippen molar-refractivity contribution < 1.29 is 9.90 Å². The van der Waals surface area contributed by atoms with Gasteiger partial charge in [-0.3, -0.25) is 4.90 Å². The van der Waals surface area contributed by atoms with Gasteiger partial charge in [0.15, 0.2) is 0 Å². The van der Waals surface area contributed by atoms with Gasteiger partial charge < -0.3 is 5.11 Å². The SMILES string of the molecule is O=C(O)c1ccc(/C=C2\CCCCC2N2CCC2)cc1. The van der Waals surface area contributed by atoms with E-state index in [1.807, 2.05) is 12.1 Å². The van der Waals surface area contributed by atoms with Crippen molar-refractivity contribution in [1.82, 2.24) is 4.90 Å². The minimum atomic E-state index is -0.861. The van der Waals surface area contributed by atoms with Gasteiger partial charge in [0.05, 0.1) is 5.56 Å². The van der Waals surface area contributed by atoms with Crippen LogP contribution in [0.15, 0.2) is 29.8 Å². The Bertz CT molecular complexity index is 514. The number of aromatic carboxylic acids is 1. The van der Waals surface area contributed by atoms with Crippen LogP contribution in [0.1, 0.15) is 48.0 Å². The van der Waals surface area contributed by atoms with Gasteiger partial charge in [-0.2, -0.15) is 0 Å². The monoisotopic (exact) mass is 271 g/mol. The van der Waals surface area contributed by atoms with Gasteiger partial charge in [0, 0.05) is 6.04 Å². The smallest absolute Gasteiger partial charge is 0.335 e. The van der Waals surface area contributed by atoms with Crippen LogP contribution in [0.4, 0.5) is 0 Å². The molecule has 1 saturated heterocycles. The highest BCUT2D eigenvalue weighted by molar-refractivity contribution is 5.87. The largest absolute Gasteiger partial charge is 0.478 e. The van der Waals surface area contributed by atoms with Crippen molar-refractivity contribution in [2.45, 2.75) is 38.1 Å². The summed E-state index contributed by atoms with van der Waals surface area (Å²) in [6.07, 6.45) is 8.67. The minimum absolute atomic E-state index is 0.357. The molecule has 3 rings (SSSR count). The number of carbonyl (C=O) groups is 1. The zero-order valence-corrected chi connectivity index (χ0v) is 11.7. The van der Waals surface area contributed by atoms with Gasteiger partial charge in [0.2, 0.25) is 0 Å². The van der Waals surface area contributed by atoms with E-state index in [9.17, 15) is 4.79 Å². The fourth-order valence-electron chi connectivity index (χ4n) is 3.19. The average Bonchev–Trinajstić information content (AvgIpc) is 2.39. The molecule has 2 fully saturated rings. The van der Waals surface area contributed by atoms with Gasteiger partial charge in [-0.1, -0.05) is 30.2 Å². The molecule has 3 nitrogen and oxygen atoms in total. The topological polar surface area (TPSA) is 40.5 Å². The predicted molar refractivity (Wildman–Crippen MR) is 79.8 cm³/mol. The van der Waals surface area contributed by atoms with Gasteiger partial charge in [0.1, 0.15) is 0 Å². The summed E-state index contributed by atoms with van der Waals surface area (Å²) in [6, 6.07) is 7.83. The van der Waals surface area contributed by atoms with Crippen LogP contribution in [-0.2, 0) is 0 Å². The minimum Gasteiger partial charge on any atom is -0.478 e. The molecule has 1 saturated carbocycles. The molecule has 1 N–H and O–H groups in total. The highest BCUT2D eigenvalue weighted by atomic mass is 16.4. The lowest BCUT2D eigenvalue weighted by Crippen LogP contribution is -2.46. The zero-order valence-electron chi connectivity index (χ0n) is 11.7. The molecule has 1 aromatic carbocycles. The Morgan fingerprint density at radius 2 is 1.90 bits per heavy atom. The number of carboxylic acid groups (broad SMARTS) is 1. The summed E-state index contributed by atoms with van der Waals surface area (Å²) >= 11 is 0. The van der Waals surface area contributed by atoms with Crippen LogP contribution in [-0.4, -0.2) is 35.1 Å². The number of carboxylic acids is 1. The number of likely N-dealkylation sites (tertiary alicyclic amines) is 1. The standard InChI is InChI=1S/C17H21NO2/c19-17(20)14-8-6-13(7-9-14)12-15-4-1-2-5-16(15)18-10-3-11-18/h6-9,12,16H,1-5,10-11H2,(H,19,20)/b15-12+. The second kappa shape index (κ2) is 5.80. The number of rotatable bonds is 3. The zero-order chi connectivity index (χ0) is 13.9. The Balaban J connectivity index is 1.79. The molecule has 3 heteroatoms. The first-order valence-electron chi connectivity index (χ1n) is 7.52. The number of hydrogen-bond donors (Lipinski definition) is 1. The first-order valence-corrected chi connectivity index (χ1v) is 7.52. The van der Waals surface area contributed by atoms with Gasteiger partial charge in [0.25, 0.3) is 0 Å². The molecule has 0 bridgehead atoms. The third kappa shape index (κ3) is 2.78. The molecule has 0 radical (unpaired) electrons. The molecule has 1 aliphatic heterocycles. The molecule has 1 unspecified atom stereocenters. The van der Waals surface area contributed by atoms with Crippen molar-refractivity contribution in [3.05, 3.63) is 41.0 Å². The van der Waals surface area contributed by atoms with Crippen molar-refractivity contribution in [3.8, 4) is 0 Å². The molecule has 1 aliphatic carbocycles. The van der Waals surface area contributed by atoms with Gasteiger partial charge in [-0.15, -0.1) is 0 Å². The van der Waals surface area contributed by atoms with E-state index in [2.05, 4.69) is 11.0 Å². The molecule has 0 aromatic heterocycles. The first-order chi connectivity index (χ1) is 9.74. The van der Waals surface area contributed by atoms with Crippen LogP contribution in [0.2, 0.25) is 0 Å². The van der Waals surface area contributed by atoms with Gasteiger partial charge in [-0.25, -0.2) is 4.79 Å². The molecule has 1 heterocycles. The number of nitrogens with zero attached hydrogens (tertiary/aromatic N) is 1. The van der Waals surface area contributed by atoms with Crippen LogP contribution >= 0.6 is 0 Å². The molecular formula is C17H21NO2. The van der Waals surface area contributed by atoms with Gasteiger partial charge in [-0.05, 0) is 56.5 Å². The lowest BCUT2D eigenvalue weighted by molar-refractivity contribution is 0.0697. The lowest BCUT2D eigenvalue weighted by Gasteiger charge is -2.42. The summed E-state index contributed by atoms with van der Waals surface area (Å²) in [5, 5.41) is 8.93. The Morgan fingerprint density at radius 3 is 2.50 bits per heavy atom. The molecule has 20 heavy (non-hydrogen) atoms. The summed E-state index contributed by atoms with van der Waals surface area (Å²) in [5.74, 6) is -0.861. The summed E-state index contributed by atoms with van der Waals surface area (Å²) < 4.78 is 0. The van der Waals surface area contributed by atoms with E-state index in [0.717, 1.165) is 5.56 Å². The van der Waals surface area contributed by atoms with E-state index in [1.165, 1.54) is 50.8 Å². The third-order valence-electron chi connectivity index (χ3n) is 4.46. The van der Waals surface area contributed by atoms with Crippen LogP contribution in [0.5, 0.6) is 0 Å². The van der Waals surface area contributed by atoms with Gasteiger partial charge >= 0.3 is 5.97 Å². The van der Waals surface area contributed by atoms with Crippen molar-refractivity contribution >= 4 is 12.0 Å². The van der Waals surface area contributed by atoms with Crippen molar-refractivity contribution in [2.24, 2.45) is 0 Å². The Labute approximate surface area is 119 Å². The van der Waals surface area contributed by atoms with Crippen LogP contribution in [0.3, 0.4) is 0 Å². The fourth-order valence-corrected chi connectivity index (χ4v) is 3.19. The van der Waals surface area contributed by atoms with Crippen LogP contribution in [0.25, 0.3) is 6.08 Å². The van der Waals surface area contributed by atoms with Crippen molar-refractivity contribution in [1.29, 1.82) is 0 Å². The maximum absolute atomic E-state index is 10.9. The van der Waals surface area contributed by atoms with E-state index in [-0.39, 0.29) is 0 Å². The fraction of sp³-hybridized carbons (Fsp3) is 0.471. The second-order valence-electron chi connectivity index (χ2n) is 5.80. The molecule has 0 amide bonds. The maximum atomic E-state index is 10.9. The molecule has 1 aromatic rings. The van der Waals surface area contributed by atoms with E-state index >= 15 is 0 Å². The second-order valence-corrected chi connectivity index (χ2v) is 5.80. The Morgan fingerprint density at radius 1 is 1.15 bits per heavy atom. The van der Waals surface area contributed by atoms with E-state index in [4.69, 9.17) is 5.11 Å². The summed E-state index contributed by atoms with van der Waals surface area (Å²) in [6.45, 7) is 2.47. The highest BCUT2D eigenvalue weighted by Crippen LogP contribution is 2.31. The Hall–Kier alpha value is -1.61. The third-order valence-corrected chi connectivity index (χ3v) is 4.46.